The Bertz CT molecular complexity index is 529. The molecule has 2 heteroatoms. The normalized spacial score (nSPS) is 10.4. The molecule has 0 aliphatic heterocycles. The van der Waals surface area contributed by atoms with Gasteiger partial charge in [-0.05, 0) is 48.2 Å². The summed E-state index contributed by atoms with van der Waals surface area (Å²) in [4.78, 5) is 0. The van der Waals surface area contributed by atoms with Gasteiger partial charge in [-0.15, -0.1) is 0 Å². The minimum absolute atomic E-state index is 0.324. The minimum atomic E-state index is 0.324. The van der Waals surface area contributed by atoms with E-state index < -0.39 is 0 Å². The summed E-state index contributed by atoms with van der Waals surface area (Å²) >= 11 is 0. The van der Waals surface area contributed by atoms with E-state index in [9.17, 15) is 5.11 Å². The van der Waals surface area contributed by atoms with Crippen molar-refractivity contribution >= 4 is 0 Å². The van der Waals surface area contributed by atoms with Gasteiger partial charge >= 0.3 is 0 Å². The summed E-state index contributed by atoms with van der Waals surface area (Å²) in [6.45, 7) is 2.19. The van der Waals surface area contributed by atoms with Gasteiger partial charge in [-0.2, -0.15) is 0 Å². The van der Waals surface area contributed by atoms with E-state index in [0.29, 0.717) is 5.75 Å². The molecule has 1 N–H and O–H groups in total. The lowest BCUT2D eigenvalue weighted by atomic mass is 9.99. The van der Waals surface area contributed by atoms with E-state index in [1.165, 1.54) is 18.4 Å². The van der Waals surface area contributed by atoms with Crippen LogP contribution in [0.2, 0.25) is 0 Å². The molecule has 19 heavy (non-hydrogen) atoms. The Morgan fingerprint density at radius 3 is 2.42 bits per heavy atom. The number of phenolic OH excluding ortho intramolecular Hbond substituents is 1. The van der Waals surface area contributed by atoms with Crippen LogP contribution in [-0.2, 0) is 6.42 Å². The summed E-state index contributed by atoms with van der Waals surface area (Å²) in [5.74, 6) is 1.15. The van der Waals surface area contributed by atoms with Crippen LogP contribution in [0.5, 0.6) is 11.5 Å². The lowest BCUT2D eigenvalue weighted by Gasteiger charge is -2.09. The van der Waals surface area contributed by atoms with E-state index in [0.717, 1.165) is 23.3 Å². The van der Waals surface area contributed by atoms with Crippen molar-refractivity contribution in [2.24, 2.45) is 0 Å². The maximum absolute atomic E-state index is 10.0. The Kier molecular flexibility index (Phi) is 4.45. The Hall–Kier alpha value is -1.96. The summed E-state index contributed by atoms with van der Waals surface area (Å²) < 4.78 is 5.15. The molecular weight excluding hydrogens is 236 g/mol. The topological polar surface area (TPSA) is 29.5 Å². The molecule has 2 rings (SSSR count). The van der Waals surface area contributed by atoms with Crippen LogP contribution in [-0.4, -0.2) is 12.2 Å². The van der Waals surface area contributed by atoms with Crippen molar-refractivity contribution in [3.8, 4) is 22.6 Å². The number of phenols is 1. The zero-order chi connectivity index (χ0) is 13.7. The van der Waals surface area contributed by atoms with Crippen molar-refractivity contribution in [2.75, 3.05) is 7.11 Å². The average molecular weight is 256 g/mol. The first kappa shape index (κ1) is 13.5. The first-order valence-corrected chi connectivity index (χ1v) is 6.71. The number of hydrogen-bond donors (Lipinski definition) is 1. The minimum Gasteiger partial charge on any atom is -0.507 e. The second kappa shape index (κ2) is 6.28. The standard InChI is InChI=1S/C17H20O2/c1-3-4-5-13-6-11-17(18)16(12-13)14-7-9-15(19-2)10-8-14/h6-12,18H,3-5H2,1-2H3. The molecule has 0 aliphatic carbocycles. The molecule has 0 fully saturated rings. The molecular formula is C17H20O2. The van der Waals surface area contributed by atoms with Crippen LogP contribution in [0.1, 0.15) is 25.3 Å². The van der Waals surface area contributed by atoms with Crippen molar-refractivity contribution in [2.45, 2.75) is 26.2 Å². The molecule has 2 aromatic carbocycles. The highest BCUT2D eigenvalue weighted by molar-refractivity contribution is 5.71. The molecule has 0 atom stereocenters. The number of aryl methyl sites for hydroxylation is 1. The molecule has 0 spiro atoms. The Balaban J connectivity index is 2.31. The average Bonchev–Trinajstić information content (AvgIpc) is 2.46. The molecule has 0 aromatic heterocycles. The molecule has 0 unspecified atom stereocenters. The van der Waals surface area contributed by atoms with Gasteiger partial charge in [0.15, 0.2) is 0 Å². The van der Waals surface area contributed by atoms with Gasteiger partial charge in [0.05, 0.1) is 7.11 Å². The summed E-state index contributed by atoms with van der Waals surface area (Å²) in [7, 11) is 1.65. The lowest BCUT2D eigenvalue weighted by Crippen LogP contribution is -1.88. The number of rotatable bonds is 5. The zero-order valence-corrected chi connectivity index (χ0v) is 11.5. The number of aromatic hydroxyl groups is 1. The number of hydrogen-bond acceptors (Lipinski definition) is 2. The number of benzene rings is 2. The third-order valence-electron chi connectivity index (χ3n) is 3.28. The third kappa shape index (κ3) is 3.28. The van der Waals surface area contributed by atoms with E-state index >= 15 is 0 Å². The molecule has 0 heterocycles. The van der Waals surface area contributed by atoms with Gasteiger partial charge in [-0.1, -0.05) is 31.5 Å². The maximum Gasteiger partial charge on any atom is 0.123 e. The van der Waals surface area contributed by atoms with Crippen LogP contribution in [0, 0.1) is 0 Å². The smallest absolute Gasteiger partial charge is 0.123 e. The predicted octanol–water partition coefficient (Wildman–Crippen LogP) is 4.41. The monoisotopic (exact) mass is 256 g/mol. The van der Waals surface area contributed by atoms with Crippen LogP contribution in [0.4, 0.5) is 0 Å². The molecule has 2 aromatic rings. The highest BCUT2D eigenvalue weighted by atomic mass is 16.5. The van der Waals surface area contributed by atoms with E-state index in [2.05, 4.69) is 13.0 Å². The summed E-state index contributed by atoms with van der Waals surface area (Å²) in [5, 5.41) is 10.0. The summed E-state index contributed by atoms with van der Waals surface area (Å²) in [6, 6.07) is 13.6. The fraction of sp³-hybridized carbons (Fsp3) is 0.294. The van der Waals surface area contributed by atoms with Gasteiger partial charge in [0.1, 0.15) is 11.5 Å². The van der Waals surface area contributed by atoms with Crippen molar-refractivity contribution in [1.82, 2.24) is 0 Å². The van der Waals surface area contributed by atoms with Crippen molar-refractivity contribution in [1.29, 1.82) is 0 Å². The Morgan fingerprint density at radius 2 is 1.79 bits per heavy atom. The first-order valence-electron chi connectivity index (χ1n) is 6.71. The van der Waals surface area contributed by atoms with Gasteiger partial charge in [0, 0.05) is 5.56 Å². The molecule has 100 valence electrons. The second-order valence-corrected chi connectivity index (χ2v) is 4.68. The molecule has 0 radical (unpaired) electrons. The number of methoxy groups -OCH3 is 1. The third-order valence-corrected chi connectivity index (χ3v) is 3.28. The fourth-order valence-electron chi connectivity index (χ4n) is 2.12. The zero-order valence-electron chi connectivity index (χ0n) is 11.5. The van der Waals surface area contributed by atoms with Gasteiger partial charge in [0.2, 0.25) is 0 Å². The van der Waals surface area contributed by atoms with Crippen LogP contribution < -0.4 is 4.74 Å². The maximum atomic E-state index is 10.0. The number of ether oxygens (including phenoxy) is 1. The Labute approximate surface area is 114 Å². The van der Waals surface area contributed by atoms with E-state index in [1.54, 1.807) is 13.2 Å². The predicted molar refractivity (Wildman–Crippen MR) is 78.7 cm³/mol. The number of unbranched alkanes of at least 4 members (excludes halogenated alkanes) is 1. The van der Waals surface area contributed by atoms with Gasteiger partial charge in [-0.25, -0.2) is 0 Å². The van der Waals surface area contributed by atoms with Crippen LogP contribution in [0.25, 0.3) is 11.1 Å². The van der Waals surface area contributed by atoms with Crippen LogP contribution >= 0.6 is 0 Å². The molecule has 0 aliphatic rings. The van der Waals surface area contributed by atoms with E-state index in [-0.39, 0.29) is 0 Å². The lowest BCUT2D eigenvalue weighted by molar-refractivity contribution is 0.415. The highest BCUT2D eigenvalue weighted by Crippen LogP contribution is 2.31. The second-order valence-electron chi connectivity index (χ2n) is 4.68. The molecule has 2 nitrogen and oxygen atoms in total. The van der Waals surface area contributed by atoms with E-state index in [4.69, 9.17) is 4.74 Å². The SMILES string of the molecule is CCCCc1ccc(O)c(-c2ccc(OC)cc2)c1. The molecule has 0 bridgehead atoms. The van der Waals surface area contributed by atoms with Gasteiger partial charge in [0.25, 0.3) is 0 Å². The van der Waals surface area contributed by atoms with Gasteiger partial charge < -0.3 is 9.84 Å². The van der Waals surface area contributed by atoms with Crippen molar-refractivity contribution in [3.05, 3.63) is 48.0 Å². The van der Waals surface area contributed by atoms with Crippen molar-refractivity contribution < 1.29 is 9.84 Å². The van der Waals surface area contributed by atoms with Crippen LogP contribution in [0.3, 0.4) is 0 Å². The van der Waals surface area contributed by atoms with Crippen LogP contribution in [0.15, 0.2) is 42.5 Å². The summed E-state index contributed by atoms with van der Waals surface area (Å²) in [5.41, 5.74) is 3.17. The molecule has 0 saturated heterocycles. The molecule has 0 amide bonds. The summed E-state index contributed by atoms with van der Waals surface area (Å²) in [6.07, 6.45) is 3.41. The van der Waals surface area contributed by atoms with Crippen molar-refractivity contribution in [3.63, 3.8) is 0 Å². The first-order chi connectivity index (χ1) is 9.24. The molecule has 0 saturated carbocycles. The highest BCUT2D eigenvalue weighted by Gasteiger charge is 2.06. The van der Waals surface area contributed by atoms with Gasteiger partial charge in [-0.3, -0.25) is 0 Å². The largest absolute Gasteiger partial charge is 0.507 e. The quantitative estimate of drug-likeness (QED) is 0.858. The Morgan fingerprint density at radius 1 is 1.05 bits per heavy atom. The fourth-order valence-corrected chi connectivity index (χ4v) is 2.12. The van der Waals surface area contributed by atoms with E-state index in [1.807, 2.05) is 30.3 Å².